The number of aryl methyl sites for hydroxylation is 1. The zero-order chi connectivity index (χ0) is 14.1. The van der Waals surface area contributed by atoms with Gasteiger partial charge in [0.05, 0.1) is 0 Å². The molecule has 2 aromatic carbocycles. The van der Waals surface area contributed by atoms with Crippen LogP contribution < -0.4 is 0 Å². The van der Waals surface area contributed by atoms with Gasteiger partial charge in [-0.3, -0.25) is 4.98 Å². The lowest BCUT2D eigenvalue weighted by molar-refractivity contribution is 0.220. The van der Waals surface area contributed by atoms with Crippen molar-refractivity contribution in [2.24, 2.45) is 0 Å². The number of nitrogens with zero attached hydrogens (tertiary/aromatic N) is 1. The average molecular weight is 328 g/mol. The largest absolute Gasteiger partial charge is 0.384 e. The summed E-state index contributed by atoms with van der Waals surface area (Å²) < 4.78 is 0.915. The van der Waals surface area contributed by atoms with Gasteiger partial charge in [-0.05, 0) is 29.5 Å². The Morgan fingerprint density at radius 3 is 2.65 bits per heavy atom. The third kappa shape index (κ3) is 2.35. The topological polar surface area (TPSA) is 33.1 Å². The number of rotatable bonds is 2. The highest BCUT2D eigenvalue weighted by atomic mass is 79.9. The van der Waals surface area contributed by atoms with Gasteiger partial charge >= 0.3 is 0 Å². The number of hydrogen-bond acceptors (Lipinski definition) is 2. The number of benzene rings is 2. The molecule has 20 heavy (non-hydrogen) atoms. The quantitative estimate of drug-likeness (QED) is 0.757. The average Bonchev–Trinajstić information content (AvgIpc) is 2.46. The molecular formula is C17H14BrNO. The molecule has 1 unspecified atom stereocenters. The zero-order valence-corrected chi connectivity index (χ0v) is 12.6. The van der Waals surface area contributed by atoms with Crippen molar-refractivity contribution in [2.45, 2.75) is 13.0 Å². The third-order valence-corrected chi connectivity index (χ3v) is 4.13. The van der Waals surface area contributed by atoms with Crippen LogP contribution in [0, 0.1) is 6.92 Å². The first-order valence-electron chi connectivity index (χ1n) is 6.43. The summed E-state index contributed by atoms with van der Waals surface area (Å²) in [7, 11) is 0. The lowest BCUT2D eigenvalue weighted by atomic mass is 9.97. The van der Waals surface area contributed by atoms with E-state index in [9.17, 15) is 5.11 Å². The summed E-state index contributed by atoms with van der Waals surface area (Å²) in [6, 6.07) is 13.9. The molecule has 0 aliphatic rings. The Balaban J connectivity index is 2.15. The first-order valence-corrected chi connectivity index (χ1v) is 7.23. The lowest BCUT2D eigenvalue weighted by Gasteiger charge is -2.15. The zero-order valence-electron chi connectivity index (χ0n) is 11.0. The van der Waals surface area contributed by atoms with Gasteiger partial charge in [0.15, 0.2) is 0 Å². The van der Waals surface area contributed by atoms with Crippen LogP contribution in [0.2, 0.25) is 0 Å². The van der Waals surface area contributed by atoms with Crippen molar-refractivity contribution in [3.8, 4) is 0 Å². The van der Waals surface area contributed by atoms with E-state index >= 15 is 0 Å². The highest BCUT2D eigenvalue weighted by Gasteiger charge is 2.16. The summed E-state index contributed by atoms with van der Waals surface area (Å²) in [6.45, 7) is 2.03. The predicted octanol–water partition coefficient (Wildman–Crippen LogP) is 4.39. The van der Waals surface area contributed by atoms with Gasteiger partial charge in [0.1, 0.15) is 6.10 Å². The van der Waals surface area contributed by atoms with Crippen LogP contribution in [-0.2, 0) is 0 Å². The molecule has 1 atom stereocenters. The van der Waals surface area contributed by atoms with E-state index in [0.717, 1.165) is 31.9 Å². The molecule has 100 valence electrons. The lowest BCUT2D eigenvalue weighted by Crippen LogP contribution is -2.02. The molecule has 0 radical (unpaired) electrons. The van der Waals surface area contributed by atoms with Crippen molar-refractivity contribution in [1.29, 1.82) is 0 Å². The number of fused-ring (bicyclic) bond motifs is 1. The van der Waals surface area contributed by atoms with Crippen LogP contribution in [0.1, 0.15) is 22.8 Å². The fraction of sp³-hybridized carbons (Fsp3) is 0.118. The van der Waals surface area contributed by atoms with Crippen LogP contribution in [0.25, 0.3) is 10.8 Å². The van der Waals surface area contributed by atoms with Crippen molar-refractivity contribution >= 4 is 26.7 Å². The number of aliphatic hydroxyl groups is 1. The smallest absolute Gasteiger partial charge is 0.107 e. The number of hydrogen-bond donors (Lipinski definition) is 1. The Morgan fingerprint density at radius 1 is 1.05 bits per heavy atom. The normalized spacial score (nSPS) is 12.6. The molecule has 3 aromatic rings. The molecule has 0 fully saturated rings. The predicted molar refractivity (Wildman–Crippen MR) is 84.7 cm³/mol. The van der Waals surface area contributed by atoms with Gasteiger partial charge in [-0.15, -0.1) is 0 Å². The Labute approximate surface area is 126 Å². The molecular weight excluding hydrogens is 314 g/mol. The van der Waals surface area contributed by atoms with Crippen LogP contribution >= 0.6 is 15.9 Å². The van der Waals surface area contributed by atoms with Gasteiger partial charge in [-0.2, -0.15) is 0 Å². The molecule has 0 saturated heterocycles. The molecule has 3 rings (SSSR count). The van der Waals surface area contributed by atoms with E-state index in [0.29, 0.717) is 0 Å². The van der Waals surface area contributed by atoms with Gasteiger partial charge in [-0.25, -0.2) is 0 Å². The van der Waals surface area contributed by atoms with E-state index in [1.54, 1.807) is 6.20 Å². The molecule has 0 saturated carbocycles. The number of halogens is 1. The van der Waals surface area contributed by atoms with Crippen LogP contribution in [0.3, 0.4) is 0 Å². The molecule has 1 aromatic heterocycles. The Kier molecular flexibility index (Phi) is 3.55. The van der Waals surface area contributed by atoms with E-state index in [4.69, 9.17) is 0 Å². The summed E-state index contributed by atoms with van der Waals surface area (Å²) in [5.74, 6) is 0. The highest BCUT2D eigenvalue weighted by Crippen LogP contribution is 2.32. The van der Waals surface area contributed by atoms with E-state index in [1.807, 2.05) is 55.6 Å². The molecule has 1 N–H and O–H groups in total. The van der Waals surface area contributed by atoms with Gasteiger partial charge in [0, 0.05) is 27.8 Å². The van der Waals surface area contributed by atoms with Crippen LogP contribution in [0.4, 0.5) is 0 Å². The van der Waals surface area contributed by atoms with Gasteiger partial charge in [0.2, 0.25) is 0 Å². The number of aromatic nitrogens is 1. The monoisotopic (exact) mass is 327 g/mol. The van der Waals surface area contributed by atoms with E-state index in [2.05, 4.69) is 20.9 Å². The van der Waals surface area contributed by atoms with E-state index in [-0.39, 0.29) is 0 Å². The van der Waals surface area contributed by atoms with Crippen molar-refractivity contribution in [1.82, 2.24) is 4.98 Å². The Hall–Kier alpha value is -1.71. The summed E-state index contributed by atoms with van der Waals surface area (Å²) >= 11 is 3.53. The molecule has 0 amide bonds. The second-order valence-corrected chi connectivity index (χ2v) is 5.73. The number of aliphatic hydroxyl groups excluding tert-OH is 1. The van der Waals surface area contributed by atoms with Crippen molar-refractivity contribution < 1.29 is 5.11 Å². The molecule has 1 heterocycles. The minimum atomic E-state index is -0.691. The molecule has 2 nitrogen and oxygen atoms in total. The van der Waals surface area contributed by atoms with Gasteiger partial charge < -0.3 is 5.11 Å². The van der Waals surface area contributed by atoms with Crippen molar-refractivity contribution in [3.05, 3.63) is 76.0 Å². The van der Waals surface area contributed by atoms with E-state index < -0.39 is 6.10 Å². The fourth-order valence-corrected chi connectivity index (χ4v) is 3.09. The molecule has 0 spiro atoms. The second-order valence-electron chi connectivity index (χ2n) is 4.88. The highest BCUT2D eigenvalue weighted by molar-refractivity contribution is 9.10. The first kappa shape index (κ1) is 13.3. The molecule has 0 aliphatic carbocycles. The first-order chi connectivity index (χ1) is 9.66. The summed E-state index contributed by atoms with van der Waals surface area (Å²) in [6.07, 6.45) is 2.86. The summed E-state index contributed by atoms with van der Waals surface area (Å²) in [5, 5.41) is 12.8. The molecule has 0 bridgehead atoms. The SMILES string of the molecule is Cc1ccc(C(O)c2cncc3ccccc23)c(Br)c1. The second kappa shape index (κ2) is 5.35. The third-order valence-electron chi connectivity index (χ3n) is 3.44. The van der Waals surface area contributed by atoms with E-state index in [1.165, 1.54) is 0 Å². The standard InChI is InChI=1S/C17H14BrNO/c1-11-6-7-14(16(18)8-11)17(20)15-10-19-9-12-4-2-3-5-13(12)15/h2-10,17,20H,1H3. The summed E-state index contributed by atoms with van der Waals surface area (Å²) in [5.41, 5.74) is 2.84. The van der Waals surface area contributed by atoms with Crippen LogP contribution in [0.15, 0.2) is 59.3 Å². The maximum absolute atomic E-state index is 10.7. The Bertz CT molecular complexity index is 765. The van der Waals surface area contributed by atoms with Crippen molar-refractivity contribution in [2.75, 3.05) is 0 Å². The van der Waals surface area contributed by atoms with Crippen molar-refractivity contribution in [3.63, 3.8) is 0 Å². The molecule has 3 heteroatoms. The number of pyridine rings is 1. The fourth-order valence-electron chi connectivity index (χ4n) is 2.38. The van der Waals surface area contributed by atoms with Gasteiger partial charge in [0.25, 0.3) is 0 Å². The summed E-state index contributed by atoms with van der Waals surface area (Å²) in [4.78, 5) is 4.23. The minimum absolute atomic E-state index is 0.691. The maximum Gasteiger partial charge on any atom is 0.107 e. The van der Waals surface area contributed by atoms with Crippen LogP contribution in [-0.4, -0.2) is 10.1 Å². The maximum atomic E-state index is 10.7. The van der Waals surface area contributed by atoms with Gasteiger partial charge in [-0.1, -0.05) is 52.3 Å². The molecule has 0 aliphatic heterocycles. The minimum Gasteiger partial charge on any atom is -0.384 e. The van der Waals surface area contributed by atoms with Crippen LogP contribution in [0.5, 0.6) is 0 Å². The Morgan fingerprint density at radius 2 is 1.85 bits per heavy atom.